The summed E-state index contributed by atoms with van der Waals surface area (Å²) in [7, 11) is 0. The van der Waals surface area contributed by atoms with Gasteiger partial charge in [0.25, 0.3) is 5.91 Å². The van der Waals surface area contributed by atoms with Crippen LogP contribution in [0.25, 0.3) is 10.6 Å². The number of halogens is 1. The molecule has 0 bridgehead atoms. The Morgan fingerprint density at radius 1 is 1.16 bits per heavy atom. The van der Waals surface area contributed by atoms with Gasteiger partial charge in [0.05, 0.1) is 5.02 Å². The molecule has 3 rings (SSSR count). The van der Waals surface area contributed by atoms with Crippen molar-refractivity contribution in [3.05, 3.63) is 59.6 Å². The van der Waals surface area contributed by atoms with Crippen LogP contribution < -0.4 is 10.1 Å². The van der Waals surface area contributed by atoms with Gasteiger partial charge in [-0.3, -0.25) is 10.1 Å². The van der Waals surface area contributed by atoms with Crippen LogP contribution in [-0.2, 0) is 4.79 Å². The summed E-state index contributed by atoms with van der Waals surface area (Å²) in [5, 5.41) is 12.6. The van der Waals surface area contributed by atoms with Crippen LogP contribution in [0.5, 0.6) is 5.75 Å². The summed E-state index contributed by atoms with van der Waals surface area (Å²) in [5.41, 5.74) is 0.958. The Labute approximate surface area is 154 Å². The minimum absolute atomic E-state index is 0.279. The number of nitrogens with one attached hydrogen (secondary N) is 1. The average Bonchev–Trinajstić information content (AvgIpc) is 3.10. The topological polar surface area (TPSA) is 64.1 Å². The van der Waals surface area contributed by atoms with Gasteiger partial charge < -0.3 is 4.74 Å². The minimum atomic E-state index is -0.663. The fourth-order valence-electron chi connectivity index (χ4n) is 2.17. The number of rotatable bonds is 6. The highest BCUT2D eigenvalue weighted by atomic mass is 35.5. The lowest BCUT2D eigenvalue weighted by Gasteiger charge is -2.17. The SMILES string of the molecule is CCC(Oc1ccccc1Cl)C(=O)Nc1nnc(-c2ccccc2)s1. The standard InChI is InChI=1S/C18H16ClN3O2S/c1-2-14(24-15-11-7-6-10-13(15)19)16(23)20-18-22-21-17(25-18)12-8-4-3-5-9-12/h3-11,14H,2H2,1H3,(H,20,22,23). The zero-order valence-electron chi connectivity index (χ0n) is 13.5. The van der Waals surface area contributed by atoms with Gasteiger partial charge in [0, 0.05) is 5.56 Å². The molecule has 0 aliphatic carbocycles. The van der Waals surface area contributed by atoms with Crippen LogP contribution in [0.3, 0.4) is 0 Å². The molecule has 3 aromatic rings. The molecule has 0 aliphatic heterocycles. The van der Waals surface area contributed by atoms with Crippen molar-refractivity contribution in [2.45, 2.75) is 19.4 Å². The summed E-state index contributed by atoms with van der Waals surface area (Å²) in [6, 6.07) is 16.8. The number of para-hydroxylation sites is 1. The normalized spacial score (nSPS) is 11.8. The third kappa shape index (κ3) is 4.35. The second-order valence-corrected chi connectivity index (χ2v) is 6.60. The third-order valence-corrected chi connectivity index (χ3v) is 4.64. The zero-order chi connectivity index (χ0) is 17.6. The number of hydrogen-bond donors (Lipinski definition) is 1. The van der Waals surface area contributed by atoms with E-state index in [0.29, 0.717) is 22.3 Å². The van der Waals surface area contributed by atoms with Crippen molar-refractivity contribution in [1.29, 1.82) is 0 Å². The maximum Gasteiger partial charge on any atom is 0.267 e. The number of anilines is 1. The quantitative estimate of drug-likeness (QED) is 0.682. The second kappa shape index (κ2) is 8.09. The molecule has 1 atom stereocenters. The van der Waals surface area contributed by atoms with Gasteiger partial charge in [-0.25, -0.2) is 0 Å². The smallest absolute Gasteiger partial charge is 0.267 e. The summed E-state index contributed by atoms with van der Waals surface area (Å²) in [6.45, 7) is 1.87. The van der Waals surface area contributed by atoms with Crippen LogP contribution >= 0.6 is 22.9 Å². The van der Waals surface area contributed by atoms with E-state index >= 15 is 0 Å². The third-order valence-electron chi connectivity index (χ3n) is 3.44. The molecule has 25 heavy (non-hydrogen) atoms. The highest BCUT2D eigenvalue weighted by Crippen LogP contribution is 2.27. The van der Waals surface area contributed by atoms with Crippen molar-refractivity contribution in [3.63, 3.8) is 0 Å². The van der Waals surface area contributed by atoms with Gasteiger partial charge in [-0.2, -0.15) is 0 Å². The van der Waals surface area contributed by atoms with Crippen LogP contribution in [0.1, 0.15) is 13.3 Å². The second-order valence-electron chi connectivity index (χ2n) is 5.21. The largest absolute Gasteiger partial charge is 0.479 e. The van der Waals surface area contributed by atoms with Crippen molar-refractivity contribution in [1.82, 2.24) is 10.2 Å². The van der Waals surface area contributed by atoms with Crippen molar-refractivity contribution in [2.24, 2.45) is 0 Å². The lowest BCUT2D eigenvalue weighted by molar-refractivity contribution is -0.122. The highest BCUT2D eigenvalue weighted by molar-refractivity contribution is 7.18. The molecular formula is C18H16ClN3O2S. The van der Waals surface area contributed by atoms with Crippen LogP contribution in [0.2, 0.25) is 5.02 Å². The molecule has 1 heterocycles. The Morgan fingerprint density at radius 2 is 1.88 bits per heavy atom. The lowest BCUT2D eigenvalue weighted by atomic mass is 10.2. The van der Waals surface area contributed by atoms with Gasteiger partial charge >= 0.3 is 0 Å². The molecule has 0 saturated heterocycles. The number of carbonyl (C=O) groups is 1. The lowest BCUT2D eigenvalue weighted by Crippen LogP contribution is -2.32. The van der Waals surface area contributed by atoms with Crippen LogP contribution in [0.4, 0.5) is 5.13 Å². The molecule has 0 spiro atoms. The summed E-state index contributed by atoms with van der Waals surface area (Å²) in [5.74, 6) is 0.201. The number of nitrogens with zero attached hydrogens (tertiary/aromatic N) is 2. The van der Waals surface area contributed by atoms with E-state index in [1.807, 2.05) is 49.4 Å². The summed E-state index contributed by atoms with van der Waals surface area (Å²) in [6.07, 6.45) is -0.162. The Balaban J connectivity index is 1.68. The van der Waals surface area contributed by atoms with Crippen molar-refractivity contribution < 1.29 is 9.53 Å². The van der Waals surface area contributed by atoms with E-state index < -0.39 is 6.10 Å². The number of carbonyl (C=O) groups excluding carboxylic acids is 1. The summed E-state index contributed by atoms with van der Waals surface area (Å²) < 4.78 is 5.73. The molecule has 1 N–H and O–H groups in total. The maximum atomic E-state index is 12.5. The van der Waals surface area contributed by atoms with E-state index in [9.17, 15) is 4.79 Å². The molecule has 0 saturated carbocycles. The zero-order valence-corrected chi connectivity index (χ0v) is 15.1. The molecule has 1 amide bonds. The molecule has 1 aromatic heterocycles. The van der Waals surface area contributed by atoms with Gasteiger partial charge in [0.2, 0.25) is 5.13 Å². The highest BCUT2D eigenvalue weighted by Gasteiger charge is 2.21. The van der Waals surface area contributed by atoms with Gasteiger partial charge in [0.15, 0.2) is 6.10 Å². The number of ether oxygens (including phenoxy) is 1. The van der Waals surface area contributed by atoms with Gasteiger partial charge in [-0.15, -0.1) is 10.2 Å². The fourth-order valence-corrected chi connectivity index (χ4v) is 3.11. The Hall–Kier alpha value is -2.44. The monoisotopic (exact) mass is 373 g/mol. The number of hydrogen-bond acceptors (Lipinski definition) is 5. The van der Waals surface area contributed by atoms with E-state index in [4.69, 9.17) is 16.3 Å². The molecule has 0 radical (unpaired) electrons. The molecule has 128 valence electrons. The predicted octanol–water partition coefficient (Wildman–Crippen LogP) is 4.65. The molecular weight excluding hydrogens is 358 g/mol. The minimum Gasteiger partial charge on any atom is -0.479 e. The molecule has 1 unspecified atom stereocenters. The first-order valence-electron chi connectivity index (χ1n) is 7.78. The number of benzene rings is 2. The van der Waals surface area contributed by atoms with E-state index in [1.165, 1.54) is 11.3 Å². The molecule has 0 fully saturated rings. The fraction of sp³-hybridized carbons (Fsp3) is 0.167. The Kier molecular flexibility index (Phi) is 5.63. The van der Waals surface area contributed by atoms with Crippen LogP contribution in [-0.4, -0.2) is 22.2 Å². The van der Waals surface area contributed by atoms with E-state index in [1.54, 1.807) is 12.1 Å². The van der Waals surface area contributed by atoms with E-state index in [-0.39, 0.29) is 5.91 Å². The first-order valence-corrected chi connectivity index (χ1v) is 8.97. The van der Waals surface area contributed by atoms with Crippen molar-refractivity contribution >= 4 is 34.0 Å². The van der Waals surface area contributed by atoms with Crippen molar-refractivity contribution in [3.8, 4) is 16.3 Å². The van der Waals surface area contributed by atoms with Gasteiger partial charge in [0.1, 0.15) is 10.8 Å². The van der Waals surface area contributed by atoms with Crippen LogP contribution in [0, 0.1) is 0 Å². The van der Waals surface area contributed by atoms with E-state index in [2.05, 4.69) is 15.5 Å². The number of amides is 1. The van der Waals surface area contributed by atoms with Crippen molar-refractivity contribution in [2.75, 3.05) is 5.32 Å². The predicted molar refractivity (Wildman–Crippen MR) is 100 cm³/mol. The Bertz CT molecular complexity index is 854. The molecule has 2 aromatic carbocycles. The van der Waals surface area contributed by atoms with E-state index in [0.717, 1.165) is 10.6 Å². The average molecular weight is 374 g/mol. The Morgan fingerprint density at radius 3 is 2.60 bits per heavy atom. The first kappa shape index (κ1) is 17.4. The molecule has 7 heteroatoms. The summed E-state index contributed by atoms with van der Waals surface area (Å²) >= 11 is 7.40. The molecule has 0 aliphatic rings. The van der Waals surface area contributed by atoms with Gasteiger partial charge in [-0.05, 0) is 18.6 Å². The van der Waals surface area contributed by atoms with Crippen LogP contribution in [0.15, 0.2) is 54.6 Å². The maximum absolute atomic E-state index is 12.5. The summed E-state index contributed by atoms with van der Waals surface area (Å²) in [4.78, 5) is 12.5. The van der Waals surface area contributed by atoms with Gasteiger partial charge in [-0.1, -0.05) is 72.3 Å². The molecule has 5 nitrogen and oxygen atoms in total. The first-order chi connectivity index (χ1) is 12.2. The number of aromatic nitrogens is 2.